The minimum absolute atomic E-state index is 0. The van der Waals surface area contributed by atoms with E-state index in [1.165, 1.54) is 0 Å². The number of nitrogens with zero attached hydrogens (tertiary/aromatic N) is 1. The minimum Gasteiger partial charge on any atom is -0.759 e. The maximum absolute atomic E-state index is 8.52. The van der Waals surface area contributed by atoms with Crippen molar-refractivity contribution in [1.82, 2.24) is 4.98 Å². The first-order valence-electron chi connectivity index (χ1n) is 2.72. The first-order valence-corrected chi connectivity index (χ1v) is 4.05. The fraction of sp³-hybridized carbons (Fsp3) is 0. The molecule has 6 nitrogen and oxygen atoms in total. The molecule has 13 heavy (non-hydrogen) atoms. The molecule has 1 radical (unpaired) electrons. The molecule has 1 aromatic rings. The summed E-state index contributed by atoms with van der Waals surface area (Å²) in [7, 11) is -5.17. The summed E-state index contributed by atoms with van der Waals surface area (Å²) in [6, 6.07) is 3.50. The van der Waals surface area contributed by atoms with Gasteiger partial charge in [0, 0.05) is 28.5 Å². The molecule has 1 heterocycles. The number of hydrogen-bond acceptors (Lipinski definition) is 6. The van der Waals surface area contributed by atoms with Crippen molar-refractivity contribution in [3.63, 3.8) is 0 Å². The third kappa shape index (κ3) is 18.4. The van der Waals surface area contributed by atoms with E-state index in [0.717, 1.165) is 5.69 Å². The summed E-state index contributed by atoms with van der Waals surface area (Å²) in [6.07, 6.45) is 3.32. The van der Waals surface area contributed by atoms with E-state index in [1.807, 2.05) is 0 Å². The topological polar surface area (TPSA) is 119 Å². The van der Waals surface area contributed by atoms with Crippen LogP contribution >= 0.6 is 0 Å². The van der Waals surface area contributed by atoms with Gasteiger partial charge in [-0.2, -0.15) is 0 Å². The largest absolute Gasteiger partial charge is 2.00 e. The van der Waals surface area contributed by atoms with Gasteiger partial charge in [-0.3, -0.25) is 13.4 Å². The SMILES string of the molecule is Nc1ccncc1.O=S(=O)([O-])[O-].[Co+2]. The van der Waals surface area contributed by atoms with Crippen LogP contribution in [0.25, 0.3) is 0 Å². The van der Waals surface area contributed by atoms with Crippen LogP contribution in [0.15, 0.2) is 24.5 Å². The van der Waals surface area contributed by atoms with Crippen LogP contribution in [0.5, 0.6) is 0 Å². The van der Waals surface area contributed by atoms with Gasteiger partial charge >= 0.3 is 16.8 Å². The van der Waals surface area contributed by atoms with Crippen molar-refractivity contribution in [2.24, 2.45) is 0 Å². The fourth-order valence-electron chi connectivity index (χ4n) is 0.363. The summed E-state index contributed by atoms with van der Waals surface area (Å²) in [5.41, 5.74) is 6.08. The third-order valence-electron chi connectivity index (χ3n) is 0.706. The second-order valence-electron chi connectivity index (χ2n) is 1.69. The number of nitrogen functional groups attached to an aromatic ring is 1. The Morgan fingerprint density at radius 1 is 1.23 bits per heavy atom. The molecule has 0 fully saturated rings. The van der Waals surface area contributed by atoms with Crippen molar-refractivity contribution >= 4 is 16.1 Å². The Bertz CT molecular complexity index is 307. The molecule has 2 N–H and O–H groups in total. The molecule has 1 aromatic heterocycles. The predicted octanol–water partition coefficient (Wildman–Crippen LogP) is -0.677. The number of nitrogens with two attached hydrogens (primary N) is 1. The number of pyridine rings is 1. The minimum atomic E-state index is -5.17. The molecule has 0 aliphatic heterocycles. The van der Waals surface area contributed by atoms with E-state index in [4.69, 9.17) is 23.3 Å². The second-order valence-corrected chi connectivity index (χ2v) is 2.51. The average Bonchev–Trinajstić information content (AvgIpc) is 1.85. The van der Waals surface area contributed by atoms with Gasteiger partial charge in [0.1, 0.15) is 0 Å². The summed E-state index contributed by atoms with van der Waals surface area (Å²) in [6.45, 7) is 0. The first kappa shape index (κ1) is 14.8. The van der Waals surface area contributed by atoms with Crippen molar-refractivity contribution in [3.8, 4) is 0 Å². The molecule has 0 bridgehead atoms. The van der Waals surface area contributed by atoms with Crippen LogP contribution in [-0.2, 0) is 27.2 Å². The van der Waals surface area contributed by atoms with E-state index in [-0.39, 0.29) is 16.8 Å². The van der Waals surface area contributed by atoms with Crippen LogP contribution in [0.4, 0.5) is 5.69 Å². The number of aromatic nitrogens is 1. The summed E-state index contributed by atoms with van der Waals surface area (Å²) < 4.78 is 34.1. The zero-order chi connectivity index (χ0) is 9.61. The van der Waals surface area contributed by atoms with Gasteiger partial charge in [-0.05, 0) is 12.1 Å². The standard InChI is InChI=1S/C5H6N2.Co.H2O4S/c6-5-1-3-7-4-2-5;;1-5(2,3)4/h1-4H,(H2,6,7);;(H2,1,2,3,4)/q;+2;/p-2. The smallest absolute Gasteiger partial charge is 0.759 e. The van der Waals surface area contributed by atoms with Crippen LogP contribution < -0.4 is 5.73 Å². The summed E-state index contributed by atoms with van der Waals surface area (Å²) in [5.74, 6) is 0. The molecule has 0 saturated carbocycles. The van der Waals surface area contributed by atoms with E-state index >= 15 is 0 Å². The molecule has 0 amide bonds. The molecule has 0 spiro atoms. The molecule has 1 rings (SSSR count). The molecule has 0 aromatic carbocycles. The molecule has 0 aliphatic rings. The number of anilines is 1. The van der Waals surface area contributed by atoms with E-state index in [9.17, 15) is 0 Å². The number of hydrogen-bond donors (Lipinski definition) is 1. The summed E-state index contributed by atoms with van der Waals surface area (Å²) >= 11 is 0. The monoisotopic (exact) mass is 249 g/mol. The zero-order valence-corrected chi connectivity index (χ0v) is 8.07. The molecule has 0 unspecified atom stereocenters. The second kappa shape index (κ2) is 6.80. The van der Waals surface area contributed by atoms with Gasteiger partial charge in [-0.15, -0.1) is 0 Å². The summed E-state index contributed by atoms with van der Waals surface area (Å²) in [5, 5.41) is 0. The Kier molecular flexibility index (Phi) is 7.76. The molecular formula is C5H6CoN2O4S. The molecule has 75 valence electrons. The van der Waals surface area contributed by atoms with Crippen LogP contribution in [0, 0.1) is 0 Å². The normalized spacial score (nSPS) is 9.08. The van der Waals surface area contributed by atoms with Gasteiger partial charge in [0.15, 0.2) is 0 Å². The van der Waals surface area contributed by atoms with Crippen molar-refractivity contribution in [2.75, 3.05) is 5.73 Å². The van der Waals surface area contributed by atoms with E-state index in [1.54, 1.807) is 24.5 Å². The van der Waals surface area contributed by atoms with Gasteiger partial charge in [-0.1, -0.05) is 0 Å². The quantitative estimate of drug-likeness (QED) is 0.480. The van der Waals surface area contributed by atoms with Crippen molar-refractivity contribution in [2.45, 2.75) is 0 Å². The third-order valence-corrected chi connectivity index (χ3v) is 0.706. The Morgan fingerprint density at radius 2 is 1.54 bits per heavy atom. The fourth-order valence-corrected chi connectivity index (χ4v) is 0.363. The number of rotatable bonds is 0. The van der Waals surface area contributed by atoms with Gasteiger partial charge in [-0.25, -0.2) is 0 Å². The van der Waals surface area contributed by atoms with E-state index in [2.05, 4.69) is 4.98 Å². The maximum Gasteiger partial charge on any atom is 2.00 e. The van der Waals surface area contributed by atoms with Crippen LogP contribution in [0.2, 0.25) is 0 Å². The van der Waals surface area contributed by atoms with Crippen molar-refractivity contribution < 1.29 is 34.3 Å². The van der Waals surface area contributed by atoms with E-state index < -0.39 is 10.4 Å². The predicted molar refractivity (Wildman–Crippen MR) is 39.1 cm³/mol. The van der Waals surface area contributed by atoms with Gasteiger partial charge in [0.05, 0.1) is 0 Å². The molecule has 0 aliphatic carbocycles. The molecule has 8 heteroatoms. The van der Waals surface area contributed by atoms with Crippen molar-refractivity contribution in [3.05, 3.63) is 24.5 Å². The van der Waals surface area contributed by atoms with Crippen molar-refractivity contribution in [1.29, 1.82) is 0 Å². The molecular weight excluding hydrogens is 243 g/mol. The van der Waals surface area contributed by atoms with Crippen LogP contribution in [0.3, 0.4) is 0 Å². The molecule has 0 saturated heterocycles. The Balaban J connectivity index is 0. The summed E-state index contributed by atoms with van der Waals surface area (Å²) in [4.78, 5) is 3.77. The zero-order valence-electron chi connectivity index (χ0n) is 6.21. The first-order chi connectivity index (χ1) is 5.39. The Morgan fingerprint density at radius 3 is 1.69 bits per heavy atom. The molecule has 0 atom stereocenters. The Hall–Kier alpha value is -0.674. The van der Waals surface area contributed by atoms with E-state index in [0.29, 0.717) is 0 Å². The van der Waals surface area contributed by atoms with Gasteiger partial charge in [0.2, 0.25) is 0 Å². The average molecular weight is 249 g/mol. The van der Waals surface area contributed by atoms with Crippen LogP contribution in [0.1, 0.15) is 0 Å². The van der Waals surface area contributed by atoms with Gasteiger partial charge < -0.3 is 14.8 Å². The maximum atomic E-state index is 8.52. The Labute approximate surface area is 85.9 Å². The van der Waals surface area contributed by atoms with Crippen LogP contribution in [-0.4, -0.2) is 22.5 Å². The van der Waals surface area contributed by atoms with Gasteiger partial charge in [0.25, 0.3) is 0 Å².